The second-order valence-electron chi connectivity index (χ2n) is 31.9. The van der Waals surface area contributed by atoms with Crippen LogP contribution in [0.25, 0.3) is 0 Å². The number of amides is 12. The number of Topliss-reactive ketones (excluding diaryl/α,β-unsaturated/α-hetero) is 1. The predicted molar refractivity (Wildman–Crippen MR) is 441 cm³/mol. The summed E-state index contributed by atoms with van der Waals surface area (Å²) < 4.78 is 47.2. The number of carbonyl (C=O) groups excluding carboxylic acids is 13. The number of ketones is 1. The zero-order valence-corrected chi connectivity index (χ0v) is 68.5. The van der Waals surface area contributed by atoms with E-state index in [4.69, 9.17) is 11.5 Å². The van der Waals surface area contributed by atoms with Crippen molar-refractivity contribution in [2.45, 2.75) is 143 Å². The van der Waals surface area contributed by atoms with E-state index in [1.165, 1.54) is 36.7 Å². The molecule has 638 valence electrons. The van der Waals surface area contributed by atoms with E-state index in [9.17, 15) is 79.2 Å². The highest BCUT2D eigenvalue weighted by atomic mass is 32.2. The summed E-state index contributed by atoms with van der Waals surface area (Å²) in [5.74, 6) is -3.88. The first-order chi connectivity index (χ1) is 57.9. The van der Waals surface area contributed by atoms with Gasteiger partial charge in [-0.05, 0) is 188 Å². The number of imide groups is 4. The molecule has 4 atom stereocenters. The van der Waals surface area contributed by atoms with Gasteiger partial charge in [0.25, 0.3) is 35.4 Å². The summed E-state index contributed by atoms with van der Waals surface area (Å²) in [6.07, 6.45) is 15.1. The van der Waals surface area contributed by atoms with Crippen molar-refractivity contribution in [1.29, 1.82) is 0 Å². The summed E-state index contributed by atoms with van der Waals surface area (Å²) in [4.78, 5) is 192. The molecule has 2 aromatic heterocycles. The van der Waals surface area contributed by atoms with Gasteiger partial charge in [0.15, 0.2) is 42.7 Å². The van der Waals surface area contributed by atoms with E-state index in [-0.39, 0.29) is 122 Å². The number of nitrogens with zero attached hydrogens (tertiary/aromatic N) is 11. The summed E-state index contributed by atoms with van der Waals surface area (Å²) in [5, 5.41) is 20.2. The number of hydrogen-bond donors (Lipinski definition) is 9. The van der Waals surface area contributed by atoms with Crippen LogP contribution >= 0.6 is 0 Å². The first kappa shape index (κ1) is 85.2. The maximum absolute atomic E-state index is 13.6. The van der Waals surface area contributed by atoms with Crippen LogP contribution in [0.15, 0.2) is 107 Å². The Morgan fingerprint density at radius 2 is 0.851 bits per heavy atom. The van der Waals surface area contributed by atoms with Crippen LogP contribution in [0, 0.1) is 11.8 Å². The van der Waals surface area contributed by atoms with Gasteiger partial charge >= 0.3 is 0 Å². The molecule has 12 amide bonds. The van der Waals surface area contributed by atoms with Crippen LogP contribution in [0.2, 0.25) is 0 Å². The molecule has 8 fully saturated rings. The average Bonchev–Trinajstić information content (AvgIpc) is 1.63. The first-order valence-electron chi connectivity index (χ1n) is 40.7. The number of piperidine rings is 8. The van der Waals surface area contributed by atoms with E-state index in [1.807, 2.05) is 20.8 Å². The summed E-state index contributed by atoms with van der Waals surface area (Å²) in [6.45, 7) is 8.60. The van der Waals surface area contributed by atoms with E-state index >= 15 is 0 Å². The number of hydrogen-bond acceptors (Lipinski definition) is 29. The number of sulfone groups is 2. The van der Waals surface area contributed by atoms with E-state index in [2.05, 4.69) is 67.0 Å². The molecule has 8 saturated heterocycles. The van der Waals surface area contributed by atoms with Crippen molar-refractivity contribution in [3.05, 3.63) is 131 Å². The van der Waals surface area contributed by atoms with Gasteiger partial charge in [0.1, 0.15) is 29.5 Å². The minimum Gasteiger partial charge on any atom is -0.371 e. The fraction of sp³-hybridized carbons (Fsp3) is 0.451. The maximum Gasteiger partial charge on any atom is 0.271 e. The van der Waals surface area contributed by atoms with Crippen molar-refractivity contribution >= 4 is 142 Å². The summed E-state index contributed by atoms with van der Waals surface area (Å²) in [6, 6.07) is 20.7. The highest BCUT2D eigenvalue weighted by Crippen LogP contribution is 2.36. The number of likely N-dealkylation sites (tertiary alicyclic amines) is 1. The molecular formula is C82H96N20O17S2. The number of primary amides is 2. The van der Waals surface area contributed by atoms with Crippen LogP contribution in [-0.4, -0.2) is 249 Å². The Kier molecular flexibility index (Phi) is 25.6. The molecule has 39 heteroatoms. The fourth-order valence-electron chi connectivity index (χ4n) is 17.1. The molecule has 10 aliphatic rings. The van der Waals surface area contributed by atoms with Gasteiger partial charge in [-0.15, -0.1) is 0 Å². The Bertz CT molecular complexity index is 5360. The summed E-state index contributed by atoms with van der Waals surface area (Å²) >= 11 is 0. The Labute approximate surface area is 697 Å². The molecule has 4 unspecified atom stereocenters. The second kappa shape index (κ2) is 36.4. The number of nitrogens with one attached hydrogen (secondary N) is 7. The van der Waals surface area contributed by atoms with Gasteiger partial charge in [-0.1, -0.05) is 0 Å². The SMILES string of the molecule is CS(=O)(=O)c1ccc(Nc2nc(N3CCCC(NC(=O)C4CCN(C5CCN(c6ccc7c(c6)C(=O)N(C6CCC(=O)NC6=O)C7=O)CC5)CC4)C3)cnc2C(N)=O)cc1.CS(=O)(=O)c1ccc(Nc2nc(N3CCCC(NC(=O)C4CCNCC4)C3)cnc2C(N)=O)cc1.O=C1CCN(c2ccc3c(c2)C(=O)N(C2CCC(=O)NC2=O)C3=O)CC1. The Morgan fingerprint density at radius 3 is 1.26 bits per heavy atom. The van der Waals surface area contributed by atoms with Gasteiger partial charge in [0.2, 0.25) is 35.4 Å². The summed E-state index contributed by atoms with van der Waals surface area (Å²) in [7, 11) is -6.71. The zero-order chi connectivity index (χ0) is 85.7. The molecule has 6 aromatic rings. The molecule has 4 aromatic carbocycles. The average molecular weight is 1700 g/mol. The number of rotatable bonds is 19. The normalized spacial score (nSPS) is 21.6. The molecule has 0 radical (unpaired) electrons. The van der Waals surface area contributed by atoms with Crippen LogP contribution in [0.4, 0.5) is 46.0 Å². The molecule has 12 heterocycles. The number of aromatic nitrogens is 4. The standard InChI is InChI=1S/C41H48N10O8S.C23H31N7O4S.C18H17N3O5/c1-60(58,59)29-7-4-25(5-8-29)44-37-35(36(42)53)43-22-33(46-37)50-16-2-3-26(23-50)45-38(54)24-12-17-48(18-13-24)27-14-19-49(20-15-27)28-6-9-30-31(21-28)41(57)51(40(30)56)32-10-11-34(52)47-39(32)55;1-35(33,34)18-6-4-16(5-7-18)27-22-20(21(24)31)26-13-19(29-22)30-12-2-3-17(14-30)28-23(32)15-8-10-25-11-9-15;22-11-5-7-20(8-6-11)10-1-2-12-13(9-10)18(26)21(17(12)25)14-3-4-15(23)19-16(14)24/h4-9,21-22,24,26-27,32H,2-3,10-20,23H2,1H3,(H2,42,53)(H,44,46)(H,45,54)(H,47,52,55);4-7,13,15,17,25H,2-3,8-12,14H2,1H3,(H2,24,31)(H,27,29)(H,28,32);1-2,9,14H,3-8H2,(H,19,23,24). The van der Waals surface area contributed by atoms with E-state index in [0.717, 1.165) is 144 Å². The van der Waals surface area contributed by atoms with Crippen molar-refractivity contribution in [3.8, 4) is 0 Å². The molecule has 37 nitrogen and oxygen atoms in total. The lowest BCUT2D eigenvalue weighted by Gasteiger charge is -2.42. The Morgan fingerprint density at radius 1 is 0.446 bits per heavy atom. The highest BCUT2D eigenvalue weighted by molar-refractivity contribution is 7.91. The summed E-state index contributed by atoms with van der Waals surface area (Å²) in [5.41, 5.74) is 14.8. The molecule has 11 N–H and O–H groups in total. The van der Waals surface area contributed by atoms with Crippen LogP contribution in [0.5, 0.6) is 0 Å². The molecule has 0 aliphatic carbocycles. The van der Waals surface area contributed by atoms with Crippen molar-refractivity contribution in [2.75, 3.05) is 121 Å². The van der Waals surface area contributed by atoms with Gasteiger partial charge in [-0.2, -0.15) is 0 Å². The van der Waals surface area contributed by atoms with Crippen molar-refractivity contribution in [2.24, 2.45) is 23.3 Å². The molecule has 16 rings (SSSR count). The zero-order valence-electron chi connectivity index (χ0n) is 66.9. The Hall–Kier alpha value is -12.2. The number of benzene rings is 4. The lowest BCUT2D eigenvalue weighted by Crippen LogP contribution is -2.54. The Balaban J connectivity index is 0.000000165. The highest BCUT2D eigenvalue weighted by Gasteiger charge is 2.47. The van der Waals surface area contributed by atoms with Gasteiger partial charge in [0, 0.05) is 143 Å². The van der Waals surface area contributed by atoms with E-state index < -0.39 is 90.8 Å². The lowest BCUT2D eigenvalue weighted by molar-refractivity contribution is -0.137. The largest absolute Gasteiger partial charge is 0.371 e. The molecular weight excluding hydrogens is 1600 g/mol. The number of nitrogens with two attached hydrogens (primary N) is 2. The smallest absolute Gasteiger partial charge is 0.271 e. The molecule has 0 saturated carbocycles. The first-order valence-corrected chi connectivity index (χ1v) is 44.4. The van der Waals surface area contributed by atoms with Crippen LogP contribution in [-0.2, 0) is 53.2 Å². The maximum atomic E-state index is 13.6. The fourth-order valence-corrected chi connectivity index (χ4v) is 18.4. The van der Waals surface area contributed by atoms with Crippen LogP contribution in [0.1, 0.15) is 165 Å². The molecule has 121 heavy (non-hydrogen) atoms. The molecule has 0 bridgehead atoms. The van der Waals surface area contributed by atoms with Gasteiger partial charge in [0.05, 0.1) is 44.4 Å². The monoisotopic (exact) mass is 1700 g/mol. The number of fused-ring (bicyclic) bond motifs is 2. The minimum atomic E-state index is -3.38. The lowest BCUT2D eigenvalue weighted by atomic mass is 9.92. The number of carbonyl (C=O) groups is 13. The third-order valence-corrected chi connectivity index (χ3v) is 26.0. The van der Waals surface area contributed by atoms with Crippen LogP contribution < -0.4 is 68.3 Å². The van der Waals surface area contributed by atoms with Crippen molar-refractivity contribution in [3.63, 3.8) is 0 Å². The third-order valence-electron chi connectivity index (χ3n) is 23.7. The van der Waals surface area contributed by atoms with Crippen molar-refractivity contribution in [1.82, 2.24) is 61.2 Å². The quantitative estimate of drug-likeness (QED) is 0.0526. The number of anilines is 8. The predicted octanol–water partition coefficient (Wildman–Crippen LogP) is 2.65. The third kappa shape index (κ3) is 19.6. The molecule has 10 aliphatic heterocycles. The van der Waals surface area contributed by atoms with Gasteiger partial charge in [-0.25, -0.2) is 36.8 Å². The van der Waals surface area contributed by atoms with Crippen LogP contribution in [0.3, 0.4) is 0 Å². The van der Waals surface area contributed by atoms with Gasteiger partial charge < -0.3 is 62.6 Å². The van der Waals surface area contributed by atoms with Gasteiger partial charge in [-0.3, -0.25) is 82.8 Å². The second-order valence-corrected chi connectivity index (χ2v) is 36.0. The van der Waals surface area contributed by atoms with E-state index in [1.54, 1.807) is 54.6 Å². The van der Waals surface area contributed by atoms with E-state index in [0.29, 0.717) is 74.6 Å². The minimum absolute atomic E-state index is 0.00343. The molecule has 0 spiro atoms. The van der Waals surface area contributed by atoms with Crippen molar-refractivity contribution < 1.29 is 79.2 Å². The topological polar surface area (TPSA) is 501 Å².